The number of hydrogen-bond donors (Lipinski definition) is 0. The average Bonchev–Trinajstić information content (AvgIpc) is 2.74. The van der Waals surface area contributed by atoms with Crippen molar-refractivity contribution in [3.8, 4) is 0 Å². The zero-order valence-electron chi connectivity index (χ0n) is 21.8. The second-order valence-electron chi connectivity index (χ2n) is 10.7. The molecule has 0 radical (unpaired) electrons. The Bertz CT molecular complexity index is 889. The van der Waals surface area contributed by atoms with Gasteiger partial charge in [-0.3, -0.25) is 14.5 Å². The van der Waals surface area contributed by atoms with E-state index in [2.05, 4.69) is 0 Å². The minimum Gasteiger partial charge on any atom is -0.444 e. The predicted molar refractivity (Wildman–Crippen MR) is 132 cm³/mol. The number of likely N-dealkylation sites (tertiary alicyclic amines) is 1. The van der Waals surface area contributed by atoms with Gasteiger partial charge in [0.15, 0.2) is 5.78 Å². The summed E-state index contributed by atoms with van der Waals surface area (Å²) in [4.78, 5) is 51.4. The quantitative estimate of drug-likeness (QED) is 0.626. The van der Waals surface area contributed by atoms with Crippen LogP contribution in [0.3, 0.4) is 0 Å². The zero-order chi connectivity index (χ0) is 26.2. The van der Waals surface area contributed by atoms with Gasteiger partial charge in [0.25, 0.3) is 0 Å². The smallest absolute Gasteiger partial charge is 0.410 e. The maximum Gasteiger partial charge on any atom is 0.410 e. The second kappa shape index (κ2) is 12.0. The van der Waals surface area contributed by atoms with E-state index in [1.54, 1.807) is 4.90 Å². The summed E-state index contributed by atoms with van der Waals surface area (Å²) in [6.07, 6.45) is 0.526. The van der Waals surface area contributed by atoms with E-state index in [0.29, 0.717) is 32.6 Å². The van der Waals surface area contributed by atoms with Crippen LogP contribution in [-0.4, -0.2) is 82.5 Å². The molecule has 0 N–H and O–H groups in total. The molecule has 0 bridgehead atoms. The molecule has 0 spiro atoms. The van der Waals surface area contributed by atoms with Crippen LogP contribution in [0.15, 0.2) is 30.3 Å². The summed E-state index contributed by atoms with van der Waals surface area (Å²) in [5.74, 6) is 0.0677. The number of carbonyl (C=O) groups is 4. The van der Waals surface area contributed by atoms with Crippen molar-refractivity contribution >= 4 is 23.9 Å². The van der Waals surface area contributed by atoms with Crippen LogP contribution in [0, 0.1) is 0 Å². The van der Waals surface area contributed by atoms with Crippen LogP contribution in [0.2, 0.25) is 0 Å². The Morgan fingerprint density at radius 1 is 0.800 bits per heavy atom. The van der Waals surface area contributed by atoms with E-state index in [1.807, 2.05) is 71.9 Å². The molecule has 0 aromatic heterocycles. The van der Waals surface area contributed by atoms with Crippen LogP contribution < -0.4 is 0 Å². The third kappa shape index (κ3) is 10.4. The van der Waals surface area contributed by atoms with E-state index in [1.165, 1.54) is 9.80 Å². The van der Waals surface area contributed by atoms with Crippen molar-refractivity contribution in [2.45, 2.75) is 72.1 Å². The number of piperazine rings is 1. The van der Waals surface area contributed by atoms with Crippen molar-refractivity contribution in [2.75, 3.05) is 32.7 Å². The highest BCUT2D eigenvalue weighted by Crippen LogP contribution is 2.15. The van der Waals surface area contributed by atoms with E-state index in [4.69, 9.17) is 9.47 Å². The maximum atomic E-state index is 12.2. The topological polar surface area (TPSA) is 96.5 Å². The fraction of sp³-hybridized carbons (Fsp3) is 0.615. The fourth-order valence-corrected chi connectivity index (χ4v) is 3.48. The van der Waals surface area contributed by atoms with Gasteiger partial charge in [0.2, 0.25) is 5.91 Å². The molecule has 3 amide bonds. The second-order valence-corrected chi connectivity index (χ2v) is 10.7. The number of Topliss-reactive ketones (excluding diaryl/α,β-unsaturated/α-hetero) is 1. The highest BCUT2D eigenvalue weighted by molar-refractivity contribution is 5.85. The van der Waals surface area contributed by atoms with Gasteiger partial charge >= 0.3 is 12.2 Å². The standard InChI is InChI=1S/C16H22N2O3.C10H17NO3/c1-16(2,3)21-15(20)18-10-9-17(14(19)12-18)11-13-7-5-4-6-8-13;1-10(2,3)14-9(13)11-6-4-5-8(12)7-11/h4-8H,9-12H2,1-3H3;4-7H2,1-3H3. The van der Waals surface area contributed by atoms with Gasteiger partial charge in [-0.2, -0.15) is 0 Å². The van der Waals surface area contributed by atoms with E-state index in [0.717, 1.165) is 12.0 Å². The third-order valence-electron chi connectivity index (χ3n) is 5.09. The molecule has 2 saturated heterocycles. The van der Waals surface area contributed by atoms with Gasteiger partial charge in [-0.1, -0.05) is 30.3 Å². The Kier molecular flexibility index (Phi) is 9.68. The maximum absolute atomic E-state index is 12.2. The van der Waals surface area contributed by atoms with Crippen molar-refractivity contribution < 1.29 is 28.7 Å². The summed E-state index contributed by atoms with van der Waals surface area (Å²) in [6.45, 7) is 13.4. The SMILES string of the molecule is CC(C)(C)OC(=O)N1CCCC(=O)C1.CC(C)(C)OC(=O)N1CCN(Cc2ccccc2)C(=O)C1. The molecule has 2 fully saturated rings. The molecular weight excluding hydrogens is 450 g/mol. The molecule has 0 atom stereocenters. The zero-order valence-corrected chi connectivity index (χ0v) is 21.8. The van der Waals surface area contributed by atoms with Gasteiger partial charge in [0, 0.05) is 32.6 Å². The summed E-state index contributed by atoms with van der Waals surface area (Å²) < 4.78 is 10.5. The Labute approximate surface area is 208 Å². The Balaban J connectivity index is 0.000000269. The van der Waals surface area contributed by atoms with Crippen LogP contribution in [0.4, 0.5) is 9.59 Å². The van der Waals surface area contributed by atoms with Gasteiger partial charge in [-0.25, -0.2) is 9.59 Å². The first-order chi connectivity index (χ1) is 16.2. The van der Waals surface area contributed by atoms with Crippen molar-refractivity contribution in [1.29, 1.82) is 0 Å². The molecule has 3 rings (SSSR count). The molecule has 35 heavy (non-hydrogen) atoms. The Hall–Kier alpha value is -3.10. The third-order valence-corrected chi connectivity index (χ3v) is 5.09. The molecule has 9 nitrogen and oxygen atoms in total. The van der Waals surface area contributed by atoms with E-state index >= 15 is 0 Å². The van der Waals surface area contributed by atoms with Crippen molar-refractivity contribution in [3.63, 3.8) is 0 Å². The summed E-state index contributed by atoms with van der Waals surface area (Å²) in [7, 11) is 0. The summed E-state index contributed by atoms with van der Waals surface area (Å²) >= 11 is 0. The van der Waals surface area contributed by atoms with Gasteiger partial charge in [0.05, 0.1) is 6.54 Å². The van der Waals surface area contributed by atoms with Crippen molar-refractivity contribution in [1.82, 2.24) is 14.7 Å². The lowest BCUT2D eigenvalue weighted by molar-refractivity contribution is -0.136. The highest BCUT2D eigenvalue weighted by atomic mass is 16.6. The molecule has 2 aliphatic rings. The number of carbonyl (C=O) groups excluding carboxylic acids is 4. The number of nitrogens with zero attached hydrogens (tertiary/aromatic N) is 3. The molecular formula is C26H39N3O6. The van der Waals surface area contributed by atoms with Crippen LogP contribution in [-0.2, 0) is 25.6 Å². The van der Waals surface area contributed by atoms with Crippen molar-refractivity contribution in [2.24, 2.45) is 0 Å². The molecule has 1 aromatic rings. The Morgan fingerprint density at radius 3 is 1.83 bits per heavy atom. The molecule has 194 valence electrons. The number of amides is 3. The molecule has 2 aliphatic heterocycles. The lowest BCUT2D eigenvalue weighted by Gasteiger charge is -2.35. The minimum atomic E-state index is -0.540. The van der Waals surface area contributed by atoms with Crippen molar-refractivity contribution in [3.05, 3.63) is 35.9 Å². The lowest BCUT2D eigenvalue weighted by atomic mass is 10.1. The minimum absolute atomic E-state index is 0.0454. The summed E-state index contributed by atoms with van der Waals surface area (Å²) in [5.41, 5.74) is 0.0652. The number of benzene rings is 1. The number of ketones is 1. The Morgan fingerprint density at radius 2 is 1.34 bits per heavy atom. The van der Waals surface area contributed by atoms with E-state index in [9.17, 15) is 19.2 Å². The number of hydrogen-bond acceptors (Lipinski definition) is 6. The average molecular weight is 490 g/mol. The first kappa shape index (κ1) is 28.1. The van der Waals surface area contributed by atoms with Crippen LogP contribution >= 0.6 is 0 Å². The van der Waals surface area contributed by atoms with Crippen LogP contribution in [0.5, 0.6) is 0 Å². The summed E-state index contributed by atoms with van der Waals surface area (Å²) in [5, 5.41) is 0. The van der Waals surface area contributed by atoms with E-state index < -0.39 is 17.3 Å². The normalized spacial score (nSPS) is 16.9. The monoisotopic (exact) mass is 489 g/mol. The number of piperidine rings is 1. The van der Waals surface area contributed by atoms with Crippen LogP contribution in [0.1, 0.15) is 59.9 Å². The number of rotatable bonds is 2. The van der Waals surface area contributed by atoms with Gasteiger partial charge < -0.3 is 19.3 Å². The van der Waals surface area contributed by atoms with Gasteiger partial charge in [-0.15, -0.1) is 0 Å². The van der Waals surface area contributed by atoms with Gasteiger partial charge in [0.1, 0.15) is 17.7 Å². The highest BCUT2D eigenvalue weighted by Gasteiger charge is 2.30. The van der Waals surface area contributed by atoms with E-state index in [-0.39, 0.29) is 30.9 Å². The first-order valence-electron chi connectivity index (χ1n) is 12.0. The largest absolute Gasteiger partial charge is 0.444 e. The molecule has 9 heteroatoms. The molecule has 0 unspecified atom stereocenters. The predicted octanol–water partition coefficient (Wildman–Crippen LogP) is 3.85. The molecule has 1 aromatic carbocycles. The molecule has 2 heterocycles. The fourth-order valence-electron chi connectivity index (χ4n) is 3.48. The number of ether oxygens (including phenoxy) is 2. The lowest BCUT2D eigenvalue weighted by Crippen LogP contribution is -2.52. The first-order valence-corrected chi connectivity index (χ1v) is 12.0. The molecule has 0 aliphatic carbocycles. The van der Waals surface area contributed by atoms with Gasteiger partial charge in [-0.05, 0) is 53.5 Å². The molecule has 0 saturated carbocycles. The van der Waals surface area contributed by atoms with Crippen LogP contribution in [0.25, 0.3) is 0 Å². The summed E-state index contributed by atoms with van der Waals surface area (Å²) in [6, 6.07) is 9.85.